The van der Waals surface area contributed by atoms with Gasteiger partial charge in [-0.1, -0.05) is 0 Å². The molecule has 12 nitrogen and oxygen atoms in total. The van der Waals surface area contributed by atoms with Crippen LogP contribution in [0.1, 0.15) is 89.9 Å². The number of nitrogens with zero attached hydrogens (tertiary/aromatic N) is 6. The Morgan fingerprint density at radius 2 is 0.984 bits per heavy atom. The average molecular weight is 879 g/mol. The molecule has 0 unspecified atom stereocenters. The SMILES string of the molecule is O=C1N(C2CCC(O)CC2)CC[C@]12CCCN(c1ccc(Oc3cccnc3)c(F)c1)C2.O=C1N(C2CCC(O)CC2)CC[C@]12CCCN(c1ccc(Oc3cccnc3)c(F)c1)C2. The zero-order valence-electron chi connectivity index (χ0n) is 36.5. The van der Waals surface area contributed by atoms with Crippen molar-refractivity contribution in [1.82, 2.24) is 19.8 Å². The molecule has 6 fully saturated rings. The first-order valence-electron chi connectivity index (χ1n) is 23.3. The third kappa shape index (κ3) is 9.40. The van der Waals surface area contributed by atoms with Crippen LogP contribution in [0.3, 0.4) is 0 Å². The topological polar surface area (TPSA) is 132 Å². The summed E-state index contributed by atoms with van der Waals surface area (Å²) in [5.74, 6) is 0.955. The first-order valence-corrected chi connectivity index (χ1v) is 23.3. The minimum absolute atomic E-state index is 0.163. The lowest BCUT2D eigenvalue weighted by Gasteiger charge is -2.41. The fourth-order valence-electron chi connectivity index (χ4n) is 11.2. The van der Waals surface area contributed by atoms with Crippen LogP contribution in [0.4, 0.5) is 20.2 Å². The number of likely N-dealkylation sites (tertiary alicyclic amines) is 2. The van der Waals surface area contributed by atoms with Gasteiger partial charge in [0.05, 0.1) is 35.4 Å². The van der Waals surface area contributed by atoms with E-state index in [1.807, 2.05) is 12.1 Å². The second-order valence-corrected chi connectivity index (χ2v) is 18.8. The van der Waals surface area contributed by atoms with Crippen LogP contribution in [0.2, 0.25) is 0 Å². The van der Waals surface area contributed by atoms with E-state index in [-0.39, 0.29) is 58.4 Å². The summed E-state index contributed by atoms with van der Waals surface area (Å²) >= 11 is 0. The van der Waals surface area contributed by atoms with Gasteiger partial charge in [0.2, 0.25) is 11.8 Å². The van der Waals surface area contributed by atoms with Crippen molar-refractivity contribution in [2.24, 2.45) is 10.8 Å². The van der Waals surface area contributed by atoms with Gasteiger partial charge in [0.1, 0.15) is 11.5 Å². The normalized spacial score (nSPS) is 28.4. The van der Waals surface area contributed by atoms with Crippen LogP contribution >= 0.6 is 0 Å². The van der Waals surface area contributed by atoms with Crippen molar-refractivity contribution in [1.29, 1.82) is 0 Å². The molecule has 2 spiro atoms. The van der Waals surface area contributed by atoms with Gasteiger partial charge in [-0.25, -0.2) is 8.78 Å². The van der Waals surface area contributed by atoms with Gasteiger partial charge in [-0.15, -0.1) is 0 Å². The summed E-state index contributed by atoms with van der Waals surface area (Å²) in [6.45, 7) is 4.46. The fraction of sp³-hybridized carbons (Fsp3) is 0.520. The molecule has 2 saturated carbocycles. The van der Waals surface area contributed by atoms with Crippen molar-refractivity contribution >= 4 is 23.2 Å². The van der Waals surface area contributed by atoms with Gasteiger partial charge in [-0.3, -0.25) is 19.6 Å². The number of carbonyl (C=O) groups is 2. The summed E-state index contributed by atoms with van der Waals surface area (Å²) in [7, 11) is 0. The van der Waals surface area contributed by atoms with Crippen molar-refractivity contribution < 1.29 is 38.1 Å². The maximum absolute atomic E-state index is 14.8. The van der Waals surface area contributed by atoms with E-state index in [0.29, 0.717) is 24.6 Å². The van der Waals surface area contributed by atoms with Crippen molar-refractivity contribution in [3.63, 3.8) is 0 Å². The van der Waals surface area contributed by atoms with E-state index in [1.54, 1.807) is 61.2 Å². The van der Waals surface area contributed by atoms with Crippen molar-refractivity contribution in [2.45, 2.75) is 114 Å². The highest BCUT2D eigenvalue weighted by Crippen LogP contribution is 2.46. The number of aliphatic hydroxyl groups is 2. The van der Waals surface area contributed by atoms with Crippen LogP contribution in [-0.2, 0) is 9.59 Å². The number of amides is 2. The molecule has 2 atom stereocenters. The predicted molar refractivity (Wildman–Crippen MR) is 238 cm³/mol. The second kappa shape index (κ2) is 19.0. The highest BCUT2D eigenvalue weighted by Gasteiger charge is 2.52. The summed E-state index contributed by atoms with van der Waals surface area (Å²) < 4.78 is 40.8. The van der Waals surface area contributed by atoms with Crippen LogP contribution in [0.25, 0.3) is 0 Å². The highest BCUT2D eigenvalue weighted by atomic mass is 19.1. The van der Waals surface area contributed by atoms with E-state index in [2.05, 4.69) is 29.6 Å². The Balaban J connectivity index is 0.000000162. The minimum atomic E-state index is -0.425. The highest BCUT2D eigenvalue weighted by molar-refractivity contribution is 5.87. The quantitative estimate of drug-likeness (QED) is 0.178. The molecular weight excluding hydrogens is 819 g/mol. The second-order valence-electron chi connectivity index (χ2n) is 18.8. The summed E-state index contributed by atoms with van der Waals surface area (Å²) in [5, 5.41) is 19.6. The first-order chi connectivity index (χ1) is 31.1. The summed E-state index contributed by atoms with van der Waals surface area (Å²) in [4.78, 5) is 43.4. The molecule has 2 aliphatic carbocycles. The molecule has 0 radical (unpaired) electrons. The van der Waals surface area contributed by atoms with E-state index in [0.717, 1.165) is 127 Å². The lowest BCUT2D eigenvalue weighted by Crippen LogP contribution is -2.50. The van der Waals surface area contributed by atoms with Gasteiger partial charge in [-0.2, -0.15) is 0 Å². The molecule has 0 bridgehead atoms. The molecule has 4 saturated heterocycles. The number of ether oxygens (including phenoxy) is 2. The number of halogens is 2. The van der Waals surface area contributed by atoms with Crippen LogP contribution in [0, 0.1) is 22.5 Å². The molecule has 2 aromatic heterocycles. The van der Waals surface area contributed by atoms with Gasteiger partial charge in [-0.05, 0) is 138 Å². The number of aliphatic hydroxyl groups excluding tert-OH is 2. The number of rotatable bonds is 8. The molecule has 64 heavy (non-hydrogen) atoms. The Morgan fingerprint density at radius 3 is 1.36 bits per heavy atom. The van der Waals surface area contributed by atoms with Gasteiger partial charge in [0, 0.05) is 87.3 Å². The van der Waals surface area contributed by atoms with Crippen molar-refractivity contribution in [3.05, 3.63) is 97.1 Å². The molecule has 4 aromatic rings. The van der Waals surface area contributed by atoms with E-state index in [9.17, 15) is 28.6 Å². The first kappa shape index (κ1) is 43.9. The Kier molecular flexibility index (Phi) is 13.0. The summed E-state index contributed by atoms with van der Waals surface area (Å²) in [6, 6.07) is 17.5. The number of pyridine rings is 2. The van der Waals surface area contributed by atoms with Gasteiger partial charge in [0.15, 0.2) is 23.1 Å². The summed E-state index contributed by atoms with van der Waals surface area (Å²) in [6.07, 6.45) is 17.9. The number of hydrogen-bond acceptors (Lipinski definition) is 10. The molecule has 14 heteroatoms. The molecule has 4 aliphatic heterocycles. The molecule has 2 N–H and O–H groups in total. The van der Waals surface area contributed by atoms with E-state index < -0.39 is 11.6 Å². The van der Waals surface area contributed by atoms with Gasteiger partial charge >= 0.3 is 0 Å². The molecule has 2 aromatic carbocycles. The van der Waals surface area contributed by atoms with Crippen molar-refractivity contribution in [2.75, 3.05) is 49.1 Å². The smallest absolute Gasteiger partial charge is 0.230 e. The third-order valence-corrected chi connectivity index (χ3v) is 14.7. The zero-order valence-corrected chi connectivity index (χ0v) is 36.5. The number of carbonyl (C=O) groups excluding carboxylic acids is 2. The maximum atomic E-state index is 14.8. The van der Waals surface area contributed by atoms with E-state index >= 15 is 0 Å². The van der Waals surface area contributed by atoms with Crippen LogP contribution < -0.4 is 19.3 Å². The van der Waals surface area contributed by atoms with Gasteiger partial charge in [0.25, 0.3) is 0 Å². The molecule has 2 amide bonds. The monoisotopic (exact) mass is 878 g/mol. The molecule has 340 valence electrons. The molecular formula is C50H60F2N6O6. The number of piperidine rings is 2. The van der Waals surface area contributed by atoms with E-state index in [1.165, 1.54) is 12.1 Å². The number of aromatic nitrogens is 2. The lowest BCUT2D eigenvalue weighted by molar-refractivity contribution is -0.140. The number of benzene rings is 2. The predicted octanol–water partition coefficient (Wildman–Crippen LogP) is 8.27. The molecule has 6 aliphatic rings. The Labute approximate surface area is 374 Å². The zero-order chi connectivity index (χ0) is 44.3. The minimum Gasteiger partial charge on any atom is -0.453 e. The van der Waals surface area contributed by atoms with Crippen LogP contribution in [0.5, 0.6) is 23.0 Å². The average Bonchev–Trinajstić information content (AvgIpc) is 3.79. The van der Waals surface area contributed by atoms with Crippen LogP contribution in [0.15, 0.2) is 85.5 Å². The summed E-state index contributed by atoms with van der Waals surface area (Å²) in [5.41, 5.74) is 0.810. The largest absolute Gasteiger partial charge is 0.453 e. The Morgan fingerprint density at radius 1 is 0.562 bits per heavy atom. The Hall–Kier alpha value is -5.34. The third-order valence-electron chi connectivity index (χ3n) is 14.7. The van der Waals surface area contributed by atoms with Crippen molar-refractivity contribution in [3.8, 4) is 23.0 Å². The Bertz CT molecular complexity index is 2090. The molecule has 10 rings (SSSR count). The fourth-order valence-corrected chi connectivity index (χ4v) is 11.2. The number of anilines is 2. The van der Waals surface area contributed by atoms with Crippen LogP contribution in [-0.4, -0.2) is 105 Å². The van der Waals surface area contributed by atoms with E-state index in [4.69, 9.17) is 9.47 Å². The number of hydrogen-bond donors (Lipinski definition) is 2. The maximum Gasteiger partial charge on any atom is 0.230 e. The van der Waals surface area contributed by atoms with Gasteiger partial charge < -0.3 is 39.3 Å². The lowest BCUT2D eigenvalue weighted by atomic mass is 9.78. The molecule has 6 heterocycles. The standard InChI is InChI=1S/2C25H30FN3O3/c2*26-22-15-19(6-9-23(22)32-21-3-1-12-27-16-21)28-13-2-10-25(17-28)11-14-29(24(25)31)18-4-7-20(30)8-5-18/h2*1,3,6,9,12,15-16,18,20,30H,2,4-5,7-8,10-11,13-14,17H2/t2*18?,20?,25-/m00/s1.